The van der Waals surface area contributed by atoms with Gasteiger partial charge >= 0.3 is 5.97 Å². The van der Waals surface area contributed by atoms with Crippen molar-refractivity contribution >= 4 is 22.5 Å². The van der Waals surface area contributed by atoms with Gasteiger partial charge in [0.1, 0.15) is 5.75 Å². The van der Waals surface area contributed by atoms with Gasteiger partial charge in [0.2, 0.25) is 0 Å². The first kappa shape index (κ1) is 20.2. The molecule has 0 amide bonds. The molecule has 30 heavy (non-hydrogen) atoms. The van der Waals surface area contributed by atoms with Crippen LogP contribution in [0, 0.1) is 5.41 Å². The molecule has 5 nitrogen and oxygen atoms in total. The van der Waals surface area contributed by atoms with E-state index in [4.69, 9.17) is 9.47 Å². The lowest BCUT2D eigenvalue weighted by Crippen LogP contribution is -2.38. The highest BCUT2D eigenvalue weighted by Gasteiger charge is 2.43. The molecule has 0 saturated heterocycles. The zero-order chi connectivity index (χ0) is 21.6. The molecular formula is C25H27NO4. The van der Waals surface area contributed by atoms with Crippen LogP contribution in [-0.4, -0.2) is 26.0 Å². The summed E-state index contributed by atoms with van der Waals surface area (Å²) in [7, 11) is 3.02. The Morgan fingerprint density at radius 2 is 1.77 bits per heavy atom. The van der Waals surface area contributed by atoms with E-state index in [0.717, 1.165) is 39.9 Å². The molecule has 4 rings (SSSR count). The number of nitrogens with one attached hydrogen (secondary N) is 1. The number of methoxy groups -OCH3 is 2. The van der Waals surface area contributed by atoms with Crippen LogP contribution in [0.15, 0.2) is 58.9 Å². The number of rotatable bonds is 3. The van der Waals surface area contributed by atoms with Gasteiger partial charge in [0.15, 0.2) is 5.78 Å². The normalized spacial score (nSPS) is 20.7. The second kappa shape index (κ2) is 7.31. The molecule has 0 bridgehead atoms. The first-order valence-electron chi connectivity index (χ1n) is 10.1. The van der Waals surface area contributed by atoms with E-state index in [1.807, 2.05) is 37.3 Å². The molecule has 1 atom stereocenters. The van der Waals surface area contributed by atoms with Gasteiger partial charge in [-0.25, -0.2) is 4.79 Å². The monoisotopic (exact) mass is 405 g/mol. The molecule has 2 aromatic rings. The molecule has 1 aliphatic heterocycles. The Kier molecular flexibility index (Phi) is 4.92. The van der Waals surface area contributed by atoms with E-state index < -0.39 is 11.9 Å². The number of fused-ring (bicyclic) bond motifs is 1. The number of benzene rings is 2. The standard InChI is InChI=1S/C25H27NO4/c1-14-21(24(28)30-5)22(23-19(26-14)12-25(2,3)13-20(23)27)17-7-6-16-11-18(29-4)9-8-15(16)10-17/h6-11,22,26H,12-13H2,1-5H3/t22-/m0/s1. The number of dihydropyridines is 1. The van der Waals surface area contributed by atoms with Crippen molar-refractivity contribution in [2.24, 2.45) is 5.41 Å². The number of carbonyl (C=O) groups excluding carboxylic acids is 2. The number of ketones is 1. The molecule has 0 unspecified atom stereocenters. The van der Waals surface area contributed by atoms with E-state index in [0.29, 0.717) is 17.6 Å². The maximum atomic E-state index is 13.2. The van der Waals surface area contributed by atoms with Crippen molar-refractivity contribution in [1.29, 1.82) is 0 Å². The highest BCUT2D eigenvalue weighted by Crippen LogP contribution is 2.47. The van der Waals surface area contributed by atoms with Gasteiger partial charge in [0.05, 0.1) is 19.8 Å². The molecule has 0 fully saturated rings. The van der Waals surface area contributed by atoms with Crippen molar-refractivity contribution in [3.8, 4) is 5.75 Å². The third-order valence-corrected chi connectivity index (χ3v) is 6.05. The molecular weight excluding hydrogens is 378 g/mol. The molecule has 1 heterocycles. The Morgan fingerprint density at radius 3 is 2.47 bits per heavy atom. The van der Waals surface area contributed by atoms with E-state index in [-0.39, 0.29) is 11.2 Å². The lowest BCUT2D eigenvalue weighted by Gasteiger charge is -2.39. The Balaban J connectivity index is 1.91. The molecule has 1 aliphatic carbocycles. The SMILES string of the molecule is COC(=O)C1=C(C)NC2=C(C(=O)CC(C)(C)C2)[C@H]1c1ccc2cc(OC)ccc2c1. The number of ether oxygens (including phenoxy) is 2. The largest absolute Gasteiger partial charge is 0.497 e. The second-order valence-corrected chi connectivity index (χ2v) is 8.89. The minimum absolute atomic E-state index is 0.0856. The van der Waals surface area contributed by atoms with E-state index in [2.05, 4.69) is 25.2 Å². The van der Waals surface area contributed by atoms with Gasteiger partial charge < -0.3 is 14.8 Å². The lowest BCUT2D eigenvalue weighted by molar-refractivity contribution is -0.136. The topological polar surface area (TPSA) is 64.6 Å². The zero-order valence-corrected chi connectivity index (χ0v) is 18.1. The average Bonchev–Trinajstić information content (AvgIpc) is 2.70. The van der Waals surface area contributed by atoms with Crippen LogP contribution in [0.1, 0.15) is 45.1 Å². The first-order valence-corrected chi connectivity index (χ1v) is 10.1. The molecule has 1 N–H and O–H groups in total. The van der Waals surface area contributed by atoms with Crippen LogP contribution in [0.5, 0.6) is 5.75 Å². The third kappa shape index (κ3) is 3.38. The quantitative estimate of drug-likeness (QED) is 0.755. The summed E-state index contributed by atoms with van der Waals surface area (Å²) >= 11 is 0. The summed E-state index contributed by atoms with van der Waals surface area (Å²) < 4.78 is 10.4. The fourth-order valence-electron chi connectivity index (χ4n) is 4.70. The summed E-state index contributed by atoms with van der Waals surface area (Å²) in [6.07, 6.45) is 1.23. The van der Waals surface area contributed by atoms with Crippen molar-refractivity contribution in [3.05, 3.63) is 64.5 Å². The maximum Gasteiger partial charge on any atom is 0.336 e. The molecule has 2 aromatic carbocycles. The maximum absolute atomic E-state index is 13.2. The van der Waals surface area contributed by atoms with Crippen molar-refractivity contribution in [2.75, 3.05) is 14.2 Å². The number of carbonyl (C=O) groups is 2. The Hall–Kier alpha value is -3.08. The van der Waals surface area contributed by atoms with Crippen LogP contribution < -0.4 is 10.1 Å². The van der Waals surface area contributed by atoms with Gasteiger partial charge in [0.25, 0.3) is 0 Å². The number of hydrogen-bond acceptors (Lipinski definition) is 5. The van der Waals surface area contributed by atoms with Gasteiger partial charge in [-0.05, 0) is 47.2 Å². The fourth-order valence-corrected chi connectivity index (χ4v) is 4.70. The zero-order valence-electron chi connectivity index (χ0n) is 18.1. The molecule has 0 saturated carbocycles. The summed E-state index contributed by atoms with van der Waals surface area (Å²) in [5.74, 6) is 0.0214. The summed E-state index contributed by atoms with van der Waals surface area (Å²) in [5.41, 5.74) is 3.64. The molecule has 0 aromatic heterocycles. The summed E-state index contributed by atoms with van der Waals surface area (Å²) in [6, 6.07) is 11.9. The average molecular weight is 405 g/mol. The van der Waals surface area contributed by atoms with Gasteiger partial charge in [0, 0.05) is 29.3 Å². The van der Waals surface area contributed by atoms with Crippen LogP contribution in [0.25, 0.3) is 10.8 Å². The molecule has 0 radical (unpaired) electrons. The molecule has 5 heteroatoms. The van der Waals surface area contributed by atoms with Crippen LogP contribution in [0.2, 0.25) is 0 Å². The van der Waals surface area contributed by atoms with Gasteiger partial charge in [-0.15, -0.1) is 0 Å². The predicted molar refractivity (Wildman–Crippen MR) is 116 cm³/mol. The minimum atomic E-state index is -0.441. The van der Waals surface area contributed by atoms with Crippen molar-refractivity contribution < 1.29 is 19.1 Å². The van der Waals surface area contributed by atoms with Crippen molar-refractivity contribution in [1.82, 2.24) is 5.32 Å². The van der Waals surface area contributed by atoms with Gasteiger partial charge in [-0.2, -0.15) is 0 Å². The Labute approximate surface area is 176 Å². The molecule has 0 spiro atoms. The summed E-state index contributed by atoms with van der Waals surface area (Å²) in [6.45, 7) is 6.08. The Morgan fingerprint density at radius 1 is 1.07 bits per heavy atom. The third-order valence-electron chi connectivity index (χ3n) is 6.05. The van der Waals surface area contributed by atoms with E-state index in [1.165, 1.54) is 7.11 Å². The smallest absolute Gasteiger partial charge is 0.336 e. The lowest BCUT2D eigenvalue weighted by atomic mass is 9.68. The number of hydrogen-bond donors (Lipinski definition) is 1. The van der Waals surface area contributed by atoms with E-state index in [9.17, 15) is 9.59 Å². The first-order chi connectivity index (χ1) is 14.2. The van der Waals surface area contributed by atoms with Crippen LogP contribution >= 0.6 is 0 Å². The second-order valence-electron chi connectivity index (χ2n) is 8.89. The van der Waals surface area contributed by atoms with Crippen molar-refractivity contribution in [2.45, 2.75) is 39.5 Å². The highest BCUT2D eigenvalue weighted by molar-refractivity contribution is 6.04. The number of Topliss-reactive ketones (excluding diaryl/α,β-unsaturated/α-hetero) is 1. The number of allylic oxidation sites excluding steroid dienone is 3. The highest BCUT2D eigenvalue weighted by atomic mass is 16.5. The van der Waals surface area contributed by atoms with Crippen LogP contribution in [-0.2, 0) is 14.3 Å². The van der Waals surface area contributed by atoms with E-state index in [1.54, 1.807) is 7.11 Å². The molecule has 156 valence electrons. The minimum Gasteiger partial charge on any atom is -0.497 e. The number of esters is 1. The Bertz CT molecular complexity index is 1120. The van der Waals surface area contributed by atoms with Crippen LogP contribution in [0.3, 0.4) is 0 Å². The van der Waals surface area contributed by atoms with E-state index >= 15 is 0 Å². The summed E-state index contributed by atoms with van der Waals surface area (Å²) in [5, 5.41) is 5.41. The van der Waals surface area contributed by atoms with Gasteiger partial charge in [-0.3, -0.25) is 4.79 Å². The van der Waals surface area contributed by atoms with Crippen LogP contribution in [0.4, 0.5) is 0 Å². The predicted octanol–water partition coefficient (Wildman–Crippen LogP) is 4.63. The van der Waals surface area contributed by atoms with Gasteiger partial charge in [-0.1, -0.05) is 38.1 Å². The fraction of sp³-hybridized carbons (Fsp3) is 0.360. The van der Waals surface area contributed by atoms with Crippen molar-refractivity contribution in [3.63, 3.8) is 0 Å². The molecule has 2 aliphatic rings. The summed E-state index contributed by atoms with van der Waals surface area (Å²) in [4.78, 5) is 26.0.